The summed E-state index contributed by atoms with van der Waals surface area (Å²) in [4.78, 5) is 7.04. The van der Waals surface area contributed by atoms with Gasteiger partial charge in [0, 0.05) is 66.0 Å². The fourth-order valence-electron chi connectivity index (χ4n) is 2.77. The van der Waals surface area contributed by atoms with Crippen LogP contribution in [0.1, 0.15) is 19.2 Å². The van der Waals surface area contributed by atoms with Crippen LogP contribution in [0.4, 0.5) is 0 Å². The number of aryl methyl sites for hydroxylation is 1. The highest BCUT2D eigenvalue weighted by molar-refractivity contribution is 14.0. The summed E-state index contributed by atoms with van der Waals surface area (Å²) in [6.45, 7) is 10.7. The van der Waals surface area contributed by atoms with Crippen LogP contribution >= 0.6 is 24.0 Å². The lowest BCUT2D eigenvalue weighted by atomic mass is 10.4. The fraction of sp³-hybridized carbons (Fsp3) is 0.824. The molecule has 0 amide bonds. The first kappa shape index (κ1) is 24.1. The molecule has 2 heterocycles. The van der Waals surface area contributed by atoms with E-state index in [0.717, 1.165) is 90.3 Å². The fourth-order valence-corrected chi connectivity index (χ4v) is 2.77. The van der Waals surface area contributed by atoms with Gasteiger partial charge in [-0.25, -0.2) is 0 Å². The largest absolute Gasteiger partial charge is 0.385 e. The normalized spacial score (nSPS) is 15.4. The van der Waals surface area contributed by atoms with Crippen molar-refractivity contribution in [1.29, 1.82) is 0 Å². The van der Waals surface area contributed by atoms with Crippen LogP contribution in [0.3, 0.4) is 0 Å². The van der Waals surface area contributed by atoms with Gasteiger partial charge >= 0.3 is 0 Å². The van der Waals surface area contributed by atoms with Gasteiger partial charge in [0.1, 0.15) is 12.2 Å². The van der Waals surface area contributed by atoms with Crippen LogP contribution in [-0.4, -0.2) is 91.8 Å². The summed E-state index contributed by atoms with van der Waals surface area (Å²) >= 11 is 0. The lowest BCUT2D eigenvalue weighted by Crippen LogP contribution is -2.45. The van der Waals surface area contributed by atoms with Gasteiger partial charge in [-0.3, -0.25) is 9.89 Å². The molecule has 2 N–H and O–H groups in total. The molecule has 0 aromatic carbocycles. The number of aliphatic imine (C=N–C) groups is 1. The van der Waals surface area contributed by atoms with Crippen molar-refractivity contribution in [3.8, 4) is 0 Å². The molecule has 0 unspecified atom stereocenters. The Labute approximate surface area is 179 Å². The van der Waals surface area contributed by atoms with E-state index in [2.05, 4.69) is 42.2 Å². The average molecular weight is 495 g/mol. The summed E-state index contributed by atoms with van der Waals surface area (Å²) in [5.41, 5.74) is 0. The molecular weight excluding hydrogens is 461 g/mol. The van der Waals surface area contributed by atoms with E-state index in [0.29, 0.717) is 0 Å². The van der Waals surface area contributed by atoms with E-state index in [-0.39, 0.29) is 24.0 Å². The van der Waals surface area contributed by atoms with Crippen molar-refractivity contribution in [2.24, 2.45) is 4.99 Å². The Balaban J connectivity index is 0.00000364. The smallest absolute Gasteiger partial charge is 0.191 e. The Morgan fingerprint density at radius 2 is 2.00 bits per heavy atom. The van der Waals surface area contributed by atoms with Crippen LogP contribution < -0.4 is 10.6 Å². The monoisotopic (exact) mass is 495 g/mol. The van der Waals surface area contributed by atoms with Gasteiger partial charge in [0.2, 0.25) is 0 Å². The molecule has 0 atom stereocenters. The number of halogens is 1. The first-order chi connectivity index (χ1) is 12.8. The highest BCUT2D eigenvalue weighted by Crippen LogP contribution is 1.96. The van der Waals surface area contributed by atoms with E-state index >= 15 is 0 Å². The highest BCUT2D eigenvalue weighted by Gasteiger charge is 2.09. The number of aromatic nitrogens is 3. The van der Waals surface area contributed by atoms with Crippen LogP contribution in [0.15, 0.2) is 11.3 Å². The number of guanidine groups is 1. The maximum Gasteiger partial charge on any atom is 0.191 e. The molecule has 10 heteroatoms. The molecule has 9 nitrogen and oxygen atoms in total. The standard InChI is InChI=1S/C17H33N7O2.HI/c1-3-16-22-21-15-24(16)9-7-20-17(18-5-4-12-25-2)19-6-8-23-10-13-26-14-11-23;/h15H,3-14H2,1-2H3,(H2,18,19,20);1H. The summed E-state index contributed by atoms with van der Waals surface area (Å²) in [6, 6.07) is 0. The second-order valence-corrected chi connectivity index (χ2v) is 6.18. The first-order valence-electron chi connectivity index (χ1n) is 9.51. The number of rotatable bonds is 11. The summed E-state index contributed by atoms with van der Waals surface area (Å²) in [5.74, 6) is 1.85. The molecule has 0 spiro atoms. The van der Waals surface area contributed by atoms with Crippen molar-refractivity contribution in [3.63, 3.8) is 0 Å². The van der Waals surface area contributed by atoms with Crippen molar-refractivity contribution in [1.82, 2.24) is 30.3 Å². The molecule has 156 valence electrons. The Hall–Kier alpha value is -0.980. The Morgan fingerprint density at radius 1 is 1.26 bits per heavy atom. The van der Waals surface area contributed by atoms with Crippen LogP contribution in [0, 0.1) is 0 Å². The third-order valence-corrected chi connectivity index (χ3v) is 4.26. The second-order valence-electron chi connectivity index (χ2n) is 6.18. The zero-order chi connectivity index (χ0) is 18.5. The Bertz CT molecular complexity index is 521. The van der Waals surface area contributed by atoms with Gasteiger partial charge in [0.15, 0.2) is 5.96 Å². The maximum absolute atomic E-state index is 5.39. The summed E-state index contributed by atoms with van der Waals surface area (Å²) in [6.07, 6.45) is 3.58. The average Bonchev–Trinajstić information content (AvgIpc) is 3.13. The van der Waals surface area contributed by atoms with E-state index in [9.17, 15) is 0 Å². The summed E-state index contributed by atoms with van der Waals surface area (Å²) in [5, 5.41) is 14.9. The summed E-state index contributed by atoms with van der Waals surface area (Å²) < 4.78 is 12.6. The number of methoxy groups -OCH3 is 1. The van der Waals surface area contributed by atoms with E-state index in [1.54, 1.807) is 13.4 Å². The highest BCUT2D eigenvalue weighted by atomic mass is 127. The predicted molar refractivity (Wildman–Crippen MR) is 117 cm³/mol. The first-order valence-corrected chi connectivity index (χ1v) is 9.51. The lowest BCUT2D eigenvalue weighted by Gasteiger charge is -2.26. The number of nitrogens with zero attached hydrogens (tertiary/aromatic N) is 5. The minimum absolute atomic E-state index is 0. The number of hydrogen-bond donors (Lipinski definition) is 2. The third-order valence-electron chi connectivity index (χ3n) is 4.26. The molecule has 1 fully saturated rings. The molecule has 1 aromatic rings. The van der Waals surface area contributed by atoms with Crippen LogP contribution in [0.25, 0.3) is 0 Å². The van der Waals surface area contributed by atoms with Crippen molar-refractivity contribution >= 4 is 29.9 Å². The molecule has 0 radical (unpaired) electrons. The van der Waals surface area contributed by atoms with Crippen LogP contribution in [0.5, 0.6) is 0 Å². The molecule has 0 aliphatic carbocycles. The molecule has 2 rings (SSSR count). The minimum atomic E-state index is 0. The quantitative estimate of drug-likeness (QED) is 0.199. The van der Waals surface area contributed by atoms with E-state index in [1.807, 2.05) is 0 Å². The zero-order valence-electron chi connectivity index (χ0n) is 16.5. The minimum Gasteiger partial charge on any atom is -0.385 e. The van der Waals surface area contributed by atoms with Crippen molar-refractivity contribution in [2.75, 3.05) is 66.2 Å². The molecule has 1 saturated heterocycles. The molecule has 1 aliphatic rings. The topological polar surface area (TPSA) is 88.8 Å². The van der Waals surface area contributed by atoms with E-state index in [4.69, 9.17) is 9.47 Å². The van der Waals surface area contributed by atoms with Crippen LogP contribution in [0.2, 0.25) is 0 Å². The second kappa shape index (κ2) is 15.0. The number of nitrogens with one attached hydrogen (secondary N) is 2. The number of hydrogen-bond acceptors (Lipinski definition) is 6. The molecule has 0 bridgehead atoms. The number of ether oxygens (including phenoxy) is 2. The Kier molecular flexibility index (Phi) is 13.4. The van der Waals surface area contributed by atoms with Gasteiger partial charge in [0.25, 0.3) is 0 Å². The molecular formula is C17H34IN7O2. The molecule has 27 heavy (non-hydrogen) atoms. The van der Waals surface area contributed by atoms with Gasteiger partial charge < -0.3 is 24.7 Å². The molecule has 1 aromatic heterocycles. The summed E-state index contributed by atoms with van der Waals surface area (Å²) in [7, 11) is 1.72. The van der Waals surface area contributed by atoms with E-state index < -0.39 is 0 Å². The van der Waals surface area contributed by atoms with Crippen LogP contribution in [-0.2, 0) is 22.4 Å². The van der Waals surface area contributed by atoms with Crippen molar-refractivity contribution < 1.29 is 9.47 Å². The van der Waals surface area contributed by atoms with Gasteiger partial charge in [-0.05, 0) is 6.42 Å². The van der Waals surface area contributed by atoms with Gasteiger partial charge in [0.05, 0.1) is 13.2 Å². The van der Waals surface area contributed by atoms with Gasteiger partial charge in [-0.15, -0.1) is 34.2 Å². The zero-order valence-corrected chi connectivity index (χ0v) is 18.9. The number of morpholine rings is 1. The van der Waals surface area contributed by atoms with Crippen molar-refractivity contribution in [3.05, 3.63) is 12.2 Å². The van der Waals surface area contributed by atoms with Gasteiger partial charge in [-0.2, -0.15) is 0 Å². The predicted octanol–water partition coefficient (Wildman–Crippen LogP) is 0.362. The van der Waals surface area contributed by atoms with E-state index in [1.165, 1.54) is 0 Å². The lowest BCUT2D eigenvalue weighted by molar-refractivity contribution is 0.0389. The Morgan fingerprint density at radius 3 is 2.70 bits per heavy atom. The molecule has 1 aliphatic heterocycles. The van der Waals surface area contributed by atoms with Gasteiger partial charge in [-0.1, -0.05) is 6.92 Å². The SMILES string of the molecule is CCc1nncn1CCNC(=NCCCOC)NCCN1CCOCC1.I. The third kappa shape index (κ3) is 9.67. The molecule has 0 saturated carbocycles. The van der Waals surface area contributed by atoms with Crippen molar-refractivity contribution in [2.45, 2.75) is 26.3 Å². The maximum atomic E-state index is 5.39.